The number of phenols is 1. The first-order valence-electron chi connectivity index (χ1n) is 13.2. The molecule has 1 aromatic heterocycles. The fraction of sp³-hybridized carbons (Fsp3) is 0.267. The van der Waals surface area contributed by atoms with E-state index in [-0.39, 0.29) is 35.4 Å². The summed E-state index contributed by atoms with van der Waals surface area (Å²) in [5, 5.41) is 50.6. The Hall–Kier alpha value is -4.52. The lowest BCUT2D eigenvalue weighted by atomic mass is 9.58. The molecule has 4 atom stereocenters. The SMILES string of the molecule is CN(C)C1C(O)=C(C(N)=O)C(=O)C2(O)C(O)=C3C(=O)c4c(ccc(Nc5nc(-c6ccccc6)cs5)c4O)CC3CC12. The molecule has 7 N–H and O–H groups in total. The lowest BCUT2D eigenvalue weighted by molar-refractivity contribution is -0.148. The third-order valence-corrected chi connectivity index (χ3v) is 9.17. The molecule has 0 fully saturated rings. The number of nitrogens with two attached hydrogens (primary N) is 1. The number of aromatic hydroxyl groups is 1. The largest absolute Gasteiger partial charge is 0.510 e. The molecule has 6 rings (SSSR count). The molecule has 0 saturated heterocycles. The van der Waals surface area contributed by atoms with Crippen LogP contribution in [0.1, 0.15) is 22.3 Å². The highest BCUT2D eigenvalue weighted by Gasteiger charge is 2.63. The van der Waals surface area contributed by atoms with Crippen LogP contribution >= 0.6 is 11.3 Å². The van der Waals surface area contributed by atoms with E-state index < -0.39 is 58.0 Å². The molecule has 0 radical (unpaired) electrons. The van der Waals surface area contributed by atoms with E-state index in [4.69, 9.17) is 5.73 Å². The van der Waals surface area contributed by atoms with E-state index in [1.807, 2.05) is 35.7 Å². The number of nitrogens with one attached hydrogen (secondary N) is 1. The lowest BCUT2D eigenvalue weighted by Gasteiger charge is -2.50. The highest BCUT2D eigenvalue weighted by Crippen LogP contribution is 2.52. The Morgan fingerprint density at radius 1 is 1.12 bits per heavy atom. The molecule has 0 bridgehead atoms. The van der Waals surface area contributed by atoms with Crippen molar-refractivity contribution in [1.82, 2.24) is 9.88 Å². The highest BCUT2D eigenvalue weighted by atomic mass is 32.1. The number of carbonyl (C=O) groups is 3. The molecular weight excluding hydrogens is 560 g/mol. The number of aliphatic hydroxyl groups is 3. The fourth-order valence-electron chi connectivity index (χ4n) is 6.51. The zero-order valence-corrected chi connectivity index (χ0v) is 23.5. The van der Waals surface area contributed by atoms with E-state index in [0.29, 0.717) is 10.7 Å². The van der Waals surface area contributed by atoms with Crippen LogP contribution in [0.15, 0.2) is 70.5 Å². The molecule has 3 aromatic rings. The standard InChI is InChI=1S/C30H28N4O7S/c1-34(2)22-16-11-15-10-14-8-9-17(32-29-33-18(12-42-29)13-6-4-3-5-7-13)23(35)19(14)24(36)20(15)26(38)30(16,41)27(39)21(25(22)37)28(31)40/h3-9,12,15-16,22,35,37-38,41H,10-11H2,1-2H3,(H2,31,40)(H,32,33). The van der Waals surface area contributed by atoms with Gasteiger partial charge in [0.15, 0.2) is 22.3 Å². The molecule has 0 saturated carbocycles. The number of allylic oxidation sites excluding steroid dienone is 1. The first kappa shape index (κ1) is 27.6. The summed E-state index contributed by atoms with van der Waals surface area (Å²) in [5.41, 5.74) is 3.99. The first-order valence-corrected chi connectivity index (χ1v) is 14.1. The smallest absolute Gasteiger partial charge is 0.255 e. The van der Waals surface area contributed by atoms with E-state index in [1.54, 1.807) is 26.2 Å². The topological polar surface area (TPSA) is 186 Å². The van der Waals surface area contributed by atoms with E-state index in [2.05, 4.69) is 10.3 Å². The Bertz CT molecular complexity index is 1730. The predicted octanol–water partition coefficient (Wildman–Crippen LogP) is 2.99. The van der Waals surface area contributed by atoms with E-state index in [0.717, 1.165) is 11.3 Å². The summed E-state index contributed by atoms with van der Waals surface area (Å²) in [6.45, 7) is 0. The fourth-order valence-corrected chi connectivity index (χ4v) is 7.25. The van der Waals surface area contributed by atoms with Crippen LogP contribution in [0, 0.1) is 11.8 Å². The molecule has 11 nitrogen and oxygen atoms in total. The number of fused-ring (bicyclic) bond motifs is 3. The van der Waals surface area contributed by atoms with Gasteiger partial charge in [-0.05, 0) is 44.5 Å². The maximum atomic E-state index is 13.9. The maximum Gasteiger partial charge on any atom is 0.255 e. The van der Waals surface area contributed by atoms with E-state index >= 15 is 0 Å². The normalized spacial score (nSPS) is 25.3. The molecule has 42 heavy (non-hydrogen) atoms. The Kier molecular flexibility index (Phi) is 6.44. The Morgan fingerprint density at radius 2 is 1.83 bits per heavy atom. The quantitative estimate of drug-likeness (QED) is 0.191. The number of nitrogens with zero attached hydrogens (tertiary/aromatic N) is 2. The Labute approximate surface area is 244 Å². The van der Waals surface area contributed by atoms with Gasteiger partial charge in [0.25, 0.3) is 5.91 Å². The van der Waals surface area contributed by atoms with Crippen molar-refractivity contribution in [2.24, 2.45) is 17.6 Å². The van der Waals surface area contributed by atoms with Crippen LogP contribution in [0.25, 0.3) is 11.3 Å². The number of thiazole rings is 1. The van der Waals surface area contributed by atoms with Gasteiger partial charge in [0.2, 0.25) is 5.78 Å². The van der Waals surface area contributed by atoms with E-state index in [1.165, 1.54) is 16.2 Å². The van der Waals surface area contributed by atoms with Gasteiger partial charge in [0.1, 0.15) is 17.1 Å². The van der Waals surface area contributed by atoms with Crippen LogP contribution in [0.5, 0.6) is 5.75 Å². The van der Waals surface area contributed by atoms with Crippen molar-refractivity contribution in [3.8, 4) is 17.0 Å². The molecule has 3 aliphatic rings. The summed E-state index contributed by atoms with van der Waals surface area (Å²) in [6.07, 6.45) is 0.256. The van der Waals surface area contributed by atoms with Crippen molar-refractivity contribution in [2.45, 2.75) is 24.5 Å². The molecular formula is C30H28N4O7S. The second-order valence-corrected chi connectivity index (χ2v) is 11.8. The molecule has 3 aliphatic carbocycles. The number of likely N-dealkylation sites (N-methyl/N-ethyl adjacent to an activating group) is 1. The average Bonchev–Trinajstić information content (AvgIpc) is 3.41. The third-order valence-electron chi connectivity index (χ3n) is 8.41. The number of amides is 1. The maximum absolute atomic E-state index is 13.9. The van der Waals surface area contributed by atoms with E-state index in [9.17, 15) is 34.8 Å². The molecule has 0 spiro atoms. The highest BCUT2D eigenvalue weighted by molar-refractivity contribution is 7.14. The summed E-state index contributed by atoms with van der Waals surface area (Å²) >= 11 is 1.32. The van der Waals surface area contributed by atoms with Gasteiger partial charge in [-0.25, -0.2) is 4.98 Å². The number of anilines is 2. The minimum Gasteiger partial charge on any atom is -0.510 e. The Morgan fingerprint density at radius 3 is 2.50 bits per heavy atom. The van der Waals surface area contributed by atoms with Gasteiger partial charge >= 0.3 is 0 Å². The van der Waals surface area contributed by atoms with Gasteiger partial charge in [0, 0.05) is 22.4 Å². The third kappa shape index (κ3) is 3.94. The summed E-state index contributed by atoms with van der Waals surface area (Å²) in [5.74, 6) is -6.83. The van der Waals surface area contributed by atoms with Gasteiger partial charge in [0.05, 0.1) is 23.0 Å². The summed E-state index contributed by atoms with van der Waals surface area (Å²) in [6, 6.07) is 11.9. The lowest BCUT2D eigenvalue weighted by Crippen LogP contribution is -2.63. The van der Waals surface area contributed by atoms with Crippen molar-refractivity contribution in [2.75, 3.05) is 19.4 Å². The monoisotopic (exact) mass is 588 g/mol. The van der Waals surface area contributed by atoms with Crippen molar-refractivity contribution >= 4 is 39.6 Å². The average molecular weight is 589 g/mol. The van der Waals surface area contributed by atoms with Gasteiger partial charge in [-0.2, -0.15) is 0 Å². The van der Waals surface area contributed by atoms with Gasteiger partial charge in [-0.3, -0.25) is 19.3 Å². The predicted molar refractivity (Wildman–Crippen MR) is 155 cm³/mol. The molecule has 0 aliphatic heterocycles. The number of phenolic OH excluding ortho intramolecular Hbond substituents is 1. The van der Waals surface area contributed by atoms with Crippen LogP contribution in [-0.2, 0) is 16.0 Å². The second-order valence-electron chi connectivity index (χ2n) is 11.0. The number of Topliss-reactive ketones (excluding diaryl/α,β-unsaturated/α-hetero) is 2. The van der Waals surface area contributed by atoms with Crippen molar-refractivity contribution in [1.29, 1.82) is 0 Å². The molecule has 1 amide bonds. The minimum atomic E-state index is -2.68. The number of aromatic nitrogens is 1. The number of aliphatic hydroxyl groups excluding tert-OH is 2. The number of hydrogen-bond acceptors (Lipinski definition) is 11. The summed E-state index contributed by atoms with van der Waals surface area (Å²) in [7, 11) is 3.18. The van der Waals surface area contributed by atoms with Crippen molar-refractivity contribution in [3.05, 3.63) is 81.6 Å². The second kappa shape index (κ2) is 9.79. The zero-order chi connectivity index (χ0) is 30.1. The summed E-state index contributed by atoms with van der Waals surface area (Å²) < 4.78 is 0. The number of ketones is 2. The Balaban J connectivity index is 1.40. The summed E-state index contributed by atoms with van der Waals surface area (Å²) in [4.78, 5) is 45.5. The molecule has 12 heteroatoms. The number of rotatable bonds is 5. The molecule has 4 unspecified atom stereocenters. The number of primary amides is 1. The number of carbonyl (C=O) groups excluding carboxylic acids is 3. The zero-order valence-electron chi connectivity index (χ0n) is 22.7. The van der Waals surface area contributed by atoms with Crippen LogP contribution in [0.3, 0.4) is 0 Å². The number of hydrogen-bond donors (Lipinski definition) is 6. The van der Waals surface area contributed by atoms with Crippen LogP contribution in [-0.4, -0.2) is 73.5 Å². The van der Waals surface area contributed by atoms with Crippen LogP contribution in [0.4, 0.5) is 10.8 Å². The first-order chi connectivity index (χ1) is 19.9. The van der Waals surface area contributed by atoms with Crippen LogP contribution < -0.4 is 11.1 Å². The van der Waals surface area contributed by atoms with Crippen molar-refractivity contribution in [3.63, 3.8) is 0 Å². The molecule has 216 valence electrons. The van der Waals surface area contributed by atoms with Gasteiger partial charge < -0.3 is 31.5 Å². The van der Waals surface area contributed by atoms with Crippen LogP contribution in [0.2, 0.25) is 0 Å². The van der Waals surface area contributed by atoms with Gasteiger partial charge in [-0.1, -0.05) is 36.4 Å². The molecule has 2 aromatic carbocycles. The minimum absolute atomic E-state index is 0.0356. The van der Waals surface area contributed by atoms with Gasteiger partial charge in [-0.15, -0.1) is 11.3 Å². The van der Waals surface area contributed by atoms with Crippen molar-refractivity contribution < 1.29 is 34.8 Å². The number of benzene rings is 2. The molecule has 1 heterocycles.